The zero-order valence-electron chi connectivity index (χ0n) is 66.8. The number of carbonyl (C=O) groups is 6. The van der Waals surface area contributed by atoms with Gasteiger partial charge in [0.25, 0.3) is 0 Å². The number of carbonyl (C=O) groups excluding carboxylic acids is 6. The number of nitrogens with one attached hydrogen (secondary N) is 1. The van der Waals surface area contributed by atoms with Gasteiger partial charge < -0.3 is 24.6 Å². The molecular formula is C103H70ClN9O10. The van der Waals surface area contributed by atoms with Crippen LogP contribution in [0, 0.1) is 34.6 Å². The van der Waals surface area contributed by atoms with Gasteiger partial charge in [-0.3, -0.25) is 28.8 Å². The molecule has 13 aromatic carbocycles. The molecule has 4 aliphatic carbocycles. The Hall–Kier alpha value is -15.8. The van der Waals surface area contributed by atoms with Crippen molar-refractivity contribution in [3.05, 3.63) is 397 Å². The highest BCUT2D eigenvalue weighted by molar-refractivity contribution is 6.32. The van der Waals surface area contributed by atoms with Crippen molar-refractivity contribution in [1.29, 1.82) is 0 Å². The monoisotopic (exact) mass is 1630 g/mol. The highest BCUT2D eigenvalue weighted by Gasteiger charge is 2.35. The van der Waals surface area contributed by atoms with Crippen molar-refractivity contribution in [2.24, 2.45) is 0 Å². The van der Waals surface area contributed by atoms with E-state index < -0.39 is 0 Å². The highest BCUT2D eigenvalue weighted by atomic mass is 35.5. The van der Waals surface area contributed by atoms with Crippen LogP contribution in [0.4, 0.5) is 5.69 Å². The number of hydrogen-bond donors (Lipinski definition) is 2. The van der Waals surface area contributed by atoms with Crippen molar-refractivity contribution in [3.63, 3.8) is 0 Å². The second kappa shape index (κ2) is 33.2. The minimum atomic E-state index is -0.241. The molecule has 2 N–H and O–H groups in total. The molecule has 0 radical (unpaired) electrons. The van der Waals surface area contributed by atoms with Crippen molar-refractivity contribution in [3.8, 4) is 68.0 Å². The van der Waals surface area contributed by atoms with Crippen molar-refractivity contribution in [1.82, 2.24) is 40.8 Å². The summed E-state index contributed by atoms with van der Waals surface area (Å²) < 4.78 is 18.4. The molecule has 0 atom stereocenters. The predicted molar refractivity (Wildman–Crippen MR) is 476 cm³/mol. The lowest BCUT2D eigenvalue weighted by Crippen LogP contribution is -2.16. The molecule has 21 rings (SSSR count). The fourth-order valence-corrected chi connectivity index (χ4v) is 16.0. The second-order valence-corrected chi connectivity index (χ2v) is 30.3. The summed E-state index contributed by atoms with van der Waals surface area (Å²) in [5.74, 6) is 2.12. The molecule has 0 bridgehead atoms. The van der Waals surface area contributed by atoms with E-state index in [0.29, 0.717) is 146 Å². The van der Waals surface area contributed by atoms with Crippen LogP contribution in [0.15, 0.2) is 297 Å². The van der Waals surface area contributed by atoms with Gasteiger partial charge >= 0.3 is 0 Å². The maximum absolute atomic E-state index is 13.8. The summed E-state index contributed by atoms with van der Waals surface area (Å²) in [6, 6.07) is 87.8. The molecule has 123 heavy (non-hydrogen) atoms. The molecule has 0 amide bonds. The Balaban J connectivity index is 0.000000112. The normalized spacial score (nSPS) is 12.3. The lowest BCUT2D eigenvalue weighted by atomic mass is 9.84. The first kappa shape index (κ1) is 78.4. The van der Waals surface area contributed by atoms with Crippen LogP contribution >= 0.6 is 11.6 Å². The van der Waals surface area contributed by atoms with E-state index >= 15 is 0 Å². The third-order valence-electron chi connectivity index (χ3n) is 21.7. The van der Waals surface area contributed by atoms with Gasteiger partial charge in [0, 0.05) is 128 Å². The number of allylic oxidation sites excluding steroid dienone is 2. The Bertz CT molecular complexity index is 7330. The lowest BCUT2D eigenvalue weighted by Gasteiger charge is -2.22. The van der Waals surface area contributed by atoms with Crippen LogP contribution in [-0.2, 0) is 0 Å². The molecule has 17 aromatic rings. The highest BCUT2D eigenvalue weighted by Crippen LogP contribution is 2.48. The van der Waals surface area contributed by atoms with Gasteiger partial charge in [0.2, 0.25) is 11.6 Å². The van der Waals surface area contributed by atoms with Gasteiger partial charge in [0.15, 0.2) is 34.7 Å². The molecule has 594 valence electrons. The number of aliphatic hydroxyl groups excluding tert-OH is 1. The van der Waals surface area contributed by atoms with Crippen LogP contribution in [0.25, 0.3) is 99.6 Å². The Morgan fingerprint density at radius 3 is 1.35 bits per heavy atom. The number of benzene rings is 13. The van der Waals surface area contributed by atoms with E-state index in [4.69, 9.17) is 30.9 Å². The van der Waals surface area contributed by atoms with Crippen LogP contribution < -0.4 is 19.5 Å². The molecule has 4 aliphatic rings. The Labute approximate surface area is 709 Å². The first-order chi connectivity index (χ1) is 59.9. The number of ketones is 6. The van der Waals surface area contributed by atoms with E-state index in [0.717, 1.165) is 77.3 Å². The maximum Gasteiger partial charge on any atom is 0.213 e. The summed E-state index contributed by atoms with van der Waals surface area (Å²) in [5, 5.41) is 53.9. The van der Waals surface area contributed by atoms with Crippen LogP contribution in [0.1, 0.15) is 124 Å². The molecule has 20 heteroatoms. The van der Waals surface area contributed by atoms with Crippen LogP contribution in [0.2, 0.25) is 5.02 Å². The van der Waals surface area contributed by atoms with Crippen LogP contribution in [0.3, 0.4) is 0 Å². The molecule has 0 saturated heterocycles. The lowest BCUT2D eigenvalue weighted by molar-refractivity contribution is 0.102. The van der Waals surface area contributed by atoms with Crippen LogP contribution in [0.5, 0.6) is 23.0 Å². The second-order valence-electron chi connectivity index (χ2n) is 29.9. The summed E-state index contributed by atoms with van der Waals surface area (Å²) in [7, 11) is 0. The number of halogens is 1. The molecule has 4 aromatic heterocycles. The molecule has 0 unspecified atom stereocenters. The van der Waals surface area contributed by atoms with E-state index in [9.17, 15) is 28.8 Å². The molecule has 0 fully saturated rings. The summed E-state index contributed by atoms with van der Waals surface area (Å²) in [4.78, 5) is 79.0. The van der Waals surface area contributed by atoms with E-state index in [1.165, 1.54) is 12.2 Å². The van der Waals surface area contributed by atoms with E-state index in [1.807, 2.05) is 229 Å². The van der Waals surface area contributed by atoms with Crippen molar-refractivity contribution < 1.29 is 48.1 Å². The van der Waals surface area contributed by atoms with E-state index in [1.54, 1.807) is 84.9 Å². The first-order valence-corrected chi connectivity index (χ1v) is 40.0. The number of aromatic nitrogens is 8. The third kappa shape index (κ3) is 14.9. The number of rotatable bonds is 15. The van der Waals surface area contributed by atoms with Gasteiger partial charge in [0.1, 0.15) is 68.5 Å². The van der Waals surface area contributed by atoms with Gasteiger partial charge in [-0.2, -0.15) is 0 Å². The standard InChI is InChI=1S/C29H19ClN2O2.C26H18N2O3.C25H16N2O3.C23H17N3O2/c1-16-7-13-23(17(2)15-16)34-24-14-12-22-25-26(24)29(33)21-6-4-3-5-20(21)28(25)32-31-27(22)18-8-10-19(30)11-9-18;1-15-11-12-21(16(2)13-15)31-22-14-20(29)18-9-6-10-19-23(18)25(22)28-27-24(19)26(30)17-7-4-3-5-8-17;1-15-10-12-17(13-11-15)30-21-14-20(28)18-8-5-9-19-22(18)24(21)27-26-23(19)25(29)16-6-3-2-4-7-16;27-13-12-24-18-11-5-9-16-20(18)23(28)17-10-4-8-15-19(17)22(16)26-25-21(15)14-6-2-1-3-7-14/h3-15H,1-2H3;3-14H,1-2H3;2-14H,1H3;1-11,24,27H,12-13H2. The Morgan fingerprint density at radius 2 is 0.780 bits per heavy atom. The van der Waals surface area contributed by atoms with Crippen molar-refractivity contribution in [2.45, 2.75) is 34.6 Å². The zero-order chi connectivity index (χ0) is 84.7. The largest absolute Gasteiger partial charge is 0.456 e. The van der Waals surface area contributed by atoms with Gasteiger partial charge in [-0.15, -0.1) is 40.8 Å². The molecule has 0 spiro atoms. The maximum atomic E-state index is 13.8. The van der Waals surface area contributed by atoms with Gasteiger partial charge in [-0.1, -0.05) is 259 Å². The Kier molecular flexibility index (Phi) is 21.1. The predicted octanol–water partition coefficient (Wildman–Crippen LogP) is 21.4. The van der Waals surface area contributed by atoms with Crippen molar-refractivity contribution >= 4 is 107 Å². The number of aryl methyl sites for hydroxylation is 5. The summed E-state index contributed by atoms with van der Waals surface area (Å²) in [6.07, 6.45) is 2.86. The minimum Gasteiger partial charge on any atom is -0.456 e. The fourth-order valence-electron chi connectivity index (χ4n) is 15.9. The summed E-state index contributed by atoms with van der Waals surface area (Å²) >= 11 is 6.10. The zero-order valence-corrected chi connectivity index (χ0v) is 67.5. The number of aliphatic hydroxyl groups is 1. The van der Waals surface area contributed by atoms with Crippen molar-refractivity contribution in [2.75, 3.05) is 18.5 Å². The smallest absolute Gasteiger partial charge is 0.213 e. The summed E-state index contributed by atoms with van der Waals surface area (Å²) in [6.45, 7) is 10.4. The Morgan fingerprint density at radius 1 is 0.350 bits per heavy atom. The quantitative estimate of drug-likeness (QED) is 0.0903. The third-order valence-corrected chi connectivity index (χ3v) is 22.0. The molecule has 4 heterocycles. The topological polar surface area (TPSA) is 265 Å². The first-order valence-electron chi connectivity index (χ1n) is 39.6. The van der Waals surface area contributed by atoms with Gasteiger partial charge in [-0.25, -0.2) is 0 Å². The van der Waals surface area contributed by atoms with Gasteiger partial charge in [-0.05, 0) is 100 Å². The molecule has 0 aliphatic heterocycles. The number of ether oxygens (including phenoxy) is 3. The molecular weight excluding hydrogens is 1560 g/mol. The van der Waals surface area contributed by atoms with E-state index in [2.05, 4.69) is 52.2 Å². The fraction of sp³-hybridized carbons (Fsp3) is 0.0680. The average molecular weight is 1630 g/mol. The number of anilines is 1. The summed E-state index contributed by atoms with van der Waals surface area (Å²) in [5.41, 5.74) is 17.9. The minimum absolute atomic E-state index is 0.00965. The number of hydrogen-bond acceptors (Lipinski definition) is 19. The molecule has 0 saturated carbocycles. The molecule has 19 nitrogen and oxygen atoms in total. The SMILES string of the molecule is Cc1ccc(OC2=CC(=O)c3cccc4c(C(=O)c5ccccc5)nnc2c34)c(C)c1.Cc1ccc(OC2=CC(=O)c3cccc4c(C(=O)c5ccccc5)nnc2c34)cc1.Cc1ccc(Oc2ccc3c(-c4ccc(Cl)cc4)nnc4c3c2C(=O)c2ccccc2-4)c(C)c1.O=C1c2c(NCCO)cccc2-c2nnc(-c3ccccc3)c3cccc1c23. The van der Waals surface area contributed by atoms with Gasteiger partial charge in [0.05, 0.1) is 17.7 Å². The van der Waals surface area contributed by atoms with Crippen LogP contribution in [-0.4, -0.2) is 93.7 Å². The number of fused-ring (bicyclic) bond motifs is 4. The number of nitrogens with zero attached hydrogens (tertiary/aromatic N) is 8. The average Bonchev–Trinajstić information content (AvgIpc) is 0.732. The van der Waals surface area contributed by atoms with E-state index in [-0.39, 0.29) is 52.7 Å².